The smallest absolute Gasteiger partial charge is 0.258 e. The third-order valence-electron chi connectivity index (χ3n) is 3.40. The molecule has 0 unspecified atom stereocenters. The van der Waals surface area contributed by atoms with Crippen LogP contribution < -0.4 is 14.8 Å². The molecule has 2 aromatic heterocycles. The summed E-state index contributed by atoms with van der Waals surface area (Å²) in [6, 6.07) is 13.1. The van der Waals surface area contributed by atoms with E-state index >= 15 is 0 Å². The lowest BCUT2D eigenvalue weighted by Crippen LogP contribution is -2.29. The first kappa shape index (κ1) is 17.2. The van der Waals surface area contributed by atoms with Crippen LogP contribution in [0.5, 0.6) is 11.5 Å². The van der Waals surface area contributed by atoms with Gasteiger partial charge in [0.2, 0.25) is 0 Å². The molecule has 130 valence electrons. The van der Waals surface area contributed by atoms with E-state index in [1.165, 1.54) is 0 Å². The molecule has 3 rings (SSSR count). The topological polar surface area (TPSA) is 73.3 Å². The van der Waals surface area contributed by atoms with E-state index in [2.05, 4.69) is 27.1 Å². The van der Waals surface area contributed by atoms with Crippen LogP contribution in [0.15, 0.2) is 61.1 Å². The number of hydrogen-bond donors (Lipinski definition) is 1. The van der Waals surface area contributed by atoms with Crippen LogP contribution in [0.4, 0.5) is 0 Å². The molecule has 6 heteroatoms. The third kappa shape index (κ3) is 4.95. The predicted octanol–water partition coefficient (Wildman–Crippen LogP) is 2.21. The number of benzene rings is 1. The molecule has 0 aliphatic heterocycles. The van der Waals surface area contributed by atoms with E-state index in [9.17, 15) is 4.79 Å². The molecule has 0 saturated heterocycles. The number of carbonyl (C=O) groups excluding carboxylic acids is 1. The van der Waals surface area contributed by atoms with Gasteiger partial charge in [-0.2, -0.15) is 0 Å². The Kier molecular flexibility index (Phi) is 5.99. The average molecular weight is 347 g/mol. The number of amides is 1. The van der Waals surface area contributed by atoms with Gasteiger partial charge in [-0.25, -0.2) is 0 Å². The lowest BCUT2D eigenvalue weighted by molar-refractivity contribution is -0.122. The van der Waals surface area contributed by atoms with Gasteiger partial charge in [0.1, 0.15) is 23.6 Å². The zero-order chi connectivity index (χ0) is 18.0. The summed E-state index contributed by atoms with van der Waals surface area (Å²) in [7, 11) is 0. The summed E-state index contributed by atoms with van der Waals surface area (Å²) in [6.45, 7) is 0.371. The molecule has 1 amide bonds. The SMILES string of the molecule is O=C(COc1cccnc1)NCC#CCOc1cccc2cccnc12. The largest absolute Gasteiger partial charge is 0.482 e. The number of hydrogen-bond acceptors (Lipinski definition) is 5. The first-order chi connectivity index (χ1) is 12.8. The van der Waals surface area contributed by atoms with Crippen molar-refractivity contribution in [2.45, 2.75) is 0 Å². The highest BCUT2D eigenvalue weighted by Crippen LogP contribution is 2.22. The van der Waals surface area contributed by atoms with Gasteiger partial charge in [-0.3, -0.25) is 14.8 Å². The van der Waals surface area contributed by atoms with Gasteiger partial charge in [0.25, 0.3) is 5.91 Å². The van der Waals surface area contributed by atoms with Crippen molar-refractivity contribution in [2.24, 2.45) is 0 Å². The zero-order valence-corrected chi connectivity index (χ0v) is 14.0. The second-order valence-electron chi connectivity index (χ2n) is 5.23. The Morgan fingerprint density at radius 1 is 1.04 bits per heavy atom. The molecular formula is C20H17N3O3. The maximum atomic E-state index is 11.7. The van der Waals surface area contributed by atoms with Gasteiger partial charge < -0.3 is 14.8 Å². The van der Waals surface area contributed by atoms with E-state index in [-0.39, 0.29) is 25.7 Å². The summed E-state index contributed by atoms with van der Waals surface area (Å²) >= 11 is 0. The molecular weight excluding hydrogens is 330 g/mol. The van der Waals surface area contributed by atoms with Crippen molar-refractivity contribution in [2.75, 3.05) is 19.8 Å². The van der Waals surface area contributed by atoms with Gasteiger partial charge in [0, 0.05) is 17.8 Å². The fraction of sp³-hybridized carbons (Fsp3) is 0.150. The van der Waals surface area contributed by atoms with Crippen LogP contribution in [0.2, 0.25) is 0 Å². The number of ether oxygens (including phenoxy) is 2. The molecule has 26 heavy (non-hydrogen) atoms. The second kappa shape index (κ2) is 9.04. The van der Waals surface area contributed by atoms with Crippen molar-refractivity contribution in [1.29, 1.82) is 0 Å². The van der Waals surface area contributed by atoms with Gasteiger partial charge in [-0.15, -0.1) is 0 Å². The number of fused-ring (bicyclic) bond motifs is 1. The van der Waals surface area contributed by atoms with Crippen LogP contribution in [-0.4, -0.2) is 35.6 Å². The van der Waals surface area contributed by atoms with E-state index in [4.69, 9.17) is 9.47 Å². The lowest BCUT2D eigenvalue weighted by atomic mass is 10.2. The summed E-state index contributed by atoms with van der Waals surface area (Å²) in [5.74, 6) is 6.69. The van der Waals surface area contributed by atoms with Crippen LogP contribution in [0, 0.1) is 11.8 Å². The van der Waals surface area contributed by atoms with Crippen LogP contribution >= 0.6 is 0 Å². The second-order valence-corrected chi connectivity index (χ2v) is 5.23. The van der Waals surface area contributed by atoms with E-state index in [1.807, 2.05) is 30.3 Å². The van der Waals surface area contributed by atoms with Crippen molar-refractivity contribution in [3.63, 3.8) is 0 Å². The molecule has 0 bridgehead atoms. The Morgan fingerprint density at radius 3 is 2.81 bits per heavy atom. The van der Waals surface area contributed by atoms with Crippen molar-refractivity contribution in [3.05, 3.63) is 61.1 Å². The van der Waals surface area contributed by atoms with Crippen molar-refractivity contribution >= 4 is 16.8 Å². The molecule has 6 nitrogen and oxygen atoms in total. The molecule has 0 atom stereocenters. The number of para-hydroxylation sites is 1. The Balaban J connectivity index is 1.39. The van der Waals surface area contributed by atoms with Crippen LogP contribution in [0.3, 0.4) is 0 Å². The maximum Gasteiger partial charge on any atom is 0.258 e. The molecule has 0 saturated carbocycles. The number of rotatable bonds is 6. The molecule has 0 aliphatic rings. The van der Waals surface area contributed by atoms with Crippen LogP contribution in [-0.2, 0) is 4.79 Å². The fourth-order valence-electron chi connectivity index (χ4n) is 2.20. The normalized spacial score (nSPS) is 9.85. The Morgan fingerprint density at radius 2 is 1.92 bits per heavy atom. The highest BCUT2D eigenvalue weighted by molar-refractivity contribution is 5.84. The molecule has 2 heterocycles. The van der Waals surface area contributed by atoms with E-state index in [1.54, 1.807) is 30.7 Å². The summed E-state index contributed by atoms with van der Waals surface area (Å²) in [4.78, 5) is 19.9. The third-order valence-corrected chi connectivity index (χ3v) is 3.40. The molecule has 0 radical (unpaired) electrons. The number of nitrogens with zero attached hydrogens (tertiary/aromatic N) is 2. The number of nitrogens with one attached hydrogen (secondary N) is 1. The van der Waals surface area contributed by atoms with E-state index < -0.39 is 0 Å². The quantitative estimate of drug-likeness (QED) is 0.692. The predicted molar refractivity (Wildman–Crippen MR) is 97.8 cm³/mol. The summed E-state index contributed by atoms with van der Waals surface area (Å²) in [5, 5.41) is 3.67. The Hall–Kier alpha value is -3.59. The average Bonchev–Trinajstić information content (AvgIpc) is 2.70. The minimum absolute atomic E-state index is 0.0778. The van der Waals surface area contributed by atoms with Gasteiger partial charge in [0.05, 0.1) is 12.7 Å². The first-order valence-corrected chi connectivity index (χ1v) is 8.05. The van der Waals surface area contributed by atoms with Gasteiger partial charge in [-0.1, -0.05) is 30.0 Å². The zero-order valence-electron chi connectivity index (χ0n) is 14.0. The molecule has 0 fully saturated rings. The van der Waals surface area contributed by atoms with Crippen LogP contribution in [0.1, 0.15) is 0 Å². The van der Waals surface area contributed by atoms with Crippen molar-refractivity contribution in [1.82, 2.24) is 15.3 Å². The Labute approximate surface area is 151 Å². The highest BCUT2D eigenvalue weighted by atomic mass is 16.5. The standard InChI is InChI=1S/C20H17N3O3/c24-19(15-26-17-8-5-10-21-14-17)22-11-1-2-13-25-18-9-3-6-16-7-4-12-23-20(16)18/h3-10,12,14H,11,13,15H2,(H,22,24). The van der Waals surface area contributed by atoms with E-state index in [0.717, 1.165) is 10.9 Å². The molecule has 1 N–H and O–H groups in total. The van der Waals surface area contributed by atoms with Gasteiger partial charge in [-0.05, 0) is 24.3 Å². The molecule has 0 spiro atoms. The highest BCUT2D eigenvalue weighted by Gasteiger charge is 2.02. The van der Waals surface area contributed by atoms with Crippen molar-refractivity contribution in [3.8, 4) is 23.3 Å². The number of carbonyl (C=O) groups is 1. The van der Waals surface area contributed by atoms with Gasteiger partial charge >= 0.3 is 0 Å². The lowest BCUT2D eigenvalue weighted by Gasteiger charge is -2.05. The monoisotopic (exact) mass is 347 g/mol. The van der Waals surface area contributed by atoms with Gasteiger partial charge in [0.15, 0.2) is 6.61 Å². The minimum atomic E-state index is -0.248. The Bertz CT molecular complexity index is 928. The van der Waals surface area contributed by atoms with Crippen molar-refractivity contribution < 1.29 is 14.3 Å². The van der Waals surface area contributed by atoms with Crippen LogP contribution in [0.25, 0.3) is 10.9 Å². The maximum absolute atomic E-state index is 11.7. The summed E-state index contributed by atoms with van der Waals surface area (Å²) in [6.07, 6.45) is 4.91. The first-order valence-electron chi connectivity index (χ1n) is 8.05. The number of aromatic nitrogens is 2. The summed E-state index contributed by atoms with van der Waals surface area (Å²) in [5.41, 5.74) is 0.803. The number of pyridine rings is 2. The van der Waals surface area contributed by atoms with E-state index in [0.29, 0.717) is 11.5 Å². The molecule has 0 aliphatic carbocycles. The molecule has 1 aromatic carbocycles. The molecule has 3 aromatic rings. The fourth-order valence-corrected chi connectivity index (χ4v) is 2.20. The summed E-state index contributed by atoms with van der Waals surface area (Å²) < 4.78 is 10.9. The minimum Gasteiger partial charge on any atom is -0.482 e.